The molecule has 0 bridgehead atoms. The van der Waals surface area contributed by atoms with Gasteiger partial charge in [-0.3, -0.25) is 0 Å². The topological polar surface area (TPSA) is 38.8 Å². The summed E-state index contributed by atoms with van der Waals surface area (Å²) in [7, 11) is 0. The molecule has 1 aliphatic heterocycles. The first-order valence-corrected chi connectivity index (χ1v) is 7.22. The van der Waals surface area contributed by atoms with Gasteiger partial charge in [0.15, 0.2) is 0 Å². The fourth-order valence-electron chi connectivity index (χ4n) is 2.95. The maximum atomic E-state index is 12.2. The Labute approximate surface area is 113 Å². The number of epoxide rings is 1. The van der Waals surface area contributed by atoms with E-state index in [2.05, 4.69) is 0 Å². The molecule has 0 N–H and O–H groups in total. The number of benzene rings is 1. The first kappa shape index (κ1) is 12.7. The van der Waals surface area contributed by atoms with E-state index >= 15 is 0 Å². The predicted molar refractivity (Wildman–Crippen MR) is 72.0 cm³/mol. The van der Waals surface area contributed by atoms with Crippen molar-refractivity contribution < 1.29 is 14.3 Å². The van der Waals surface area contributed by atoms with Crippen molar-refractivity contribution in [2.45, 2.75) is 44.3 Å². The number of carbonyl (C=O) groups excluding carboxylic acids is 1. The molecule has 1 aromatic rings. The van der Waals surface area contributed by atoms with Crippen LogP contribution in [0.15, 0.2) is 30.3 Å². The third kappa shape index (κ3) is 3.16. The summed E-state index contributed by atoms with van der Waals surface area (Å²) in [5, 5.41) is 0. The highest BCUT2D eigenvalue weighted by Gasteiger charge is 2.41. The number of carbonyl (C=O) groups is 1. The lowest BCUT2D eigenvalue weighted by molar-refractivity contribution is -0.00243. The number of hydrogen-bond acceptors (Lipinski definition) is 3. The van der Waals surface area contributed by atoms with Crippen LogP contribution < -0.4 is 0 Å². The monoisotopic (exact) mass is 260 g/mol. The molecule has 1 saturated carbocycles. The molecule has 2 atom stereocenters. The van der Waals surface area contributed by atoms with Crippen molar-refractivity contribution in [3.05, 3.63) is 35.9 Å². The zero-order valence-electron chi connectivity index (χ0n) is 11.1. The molecular weight excluding hydrogens is 240 g/mol. The first-order chi connectivity index (χ1) is 9.34. The fourth-order valence-corrected chi connectivity index (χ4v) is 2.95. The van der Waals surface area contributed by atoms with Crippen molar-refractivity contribution in [3.63, 3.8) is 0 Å². The van der Waals surface area contributed by atoms with Gasteiger partial charge in [-0.2, -0.15) is 0 Å². The minimum absolute atomic E-state index is 0.0481. The van der Waals surface area contributed by atoms with Gasteiger partial charge in [0.2, 0.25) is 0 Å². The van der Waals surface area contributed by atoms with E-state index in [1.807, 2.05) is 18.2 Å². The molecule has 19 heavy (non-hydrogen) atoms. The third-order valence-electron chi connectivity index (χ3n) is 4.09. The standard InChI is InChI=1S/C16H20O3/c17-16(13-9-5-2-6-10-13)19-15(14-11-18-14)12-7-3-1-4-8-12/h2,5-6,9-10,12,14-15H,1,3-4,7-8,11H2. The van der Waals surface area contributed by atoms with Crippen molar-refractivity contribution >= 4 is 5.97 Å². The Balaban J connectivity index is 1.66. The molecule has 3 rings (SSSR count). The summed E-state index contributed by atoms with van der Waals surface area (Å²) in [6.45, 7) is 0.739. The Morgan fingerprint density at radius 1 is 1.16 bits per heavy atom. The van der Waals surface area contributed by atoms with Crippen molar-refractivity contribution in [1.29, 1.82) is 0 Å². The van der Waals surface area contributed by atoms with Crippen LogP contribution in [0.2, 0.25) is 0 Å². The Morgan fingerprint density at radius 2 is 1.84 bits per heavy atom. The van der Waals surface area contributed by atoms with Gasteiger partial charge in [0.1, 0.15) is 12.2 Å². The van der Waals surface area contributed by atoms with E-state index in [-0.39, 0.29) is 18.2 Å². The van der Waals surface area contributed by atoms with E-state index in [1.165, 1.54) is 19.3 Å². The Hall–Kier alpha value is -1.35. The largest absolute Gasteiger partial charge is 0.456 e. The number of ether oxygens (including phenoxy) is 2. The Bertz CT molecular complexity index is 419. The molecule has 1 aromatic carbocycles. The molecule has 0 aromatic heterocycles. The summed E-state index contributed by atoms with van der Waals surface area (Å²) in [5.41, 5.74) is 0.629. The maximum Gasteiger partial charge on any atom is 0.338 e. The lowest BCUT2D eigenvalue weighted by Gasteiger charge is -2.29. The lowest BCUT2D eigenvalue weighted by Crippen LogP contribution is -2.33. The molecule has 2 unspecified atom stereocenters. The summed E-state index contributed by atoms with van der Waals surface area (Å²) >= 11 is 0. The highest BCUT2D eigenvalue weighted by Crippen LogP contribution is 2.34. The van der Waals surface area contributed by atoms with Gasteiger partial charge < -0.3 is 9.47 Å². The molecular formula is C16H20O3. The van der Waals surface area contributed by atoms with Gasteiger partial charge >= 0.3 is 5.97 Å². The molecule has 2 aliphatic rings. The van der Waals surface area contributed by atoms with E-state index in [0.717, 1.165) is 19.4 Å². The zero-order valence-corrected chi connectivity index (χ0v) is 11.1. The van der Waals surface area contributed by atoms with E-state index in [4.69, 9.17) is 9.47 Å². The third-order valence-corrected chi connectivity index (χ3v) is 4.09. The molecule has 102 valence electrons. The quantitative estimate of drug-likeness (QED) is 0.616. The van der Waals surface area contributed by atoms with Crippen LogP contribution in [0.3, 0.4) is 0 Å². The SMILES string of the molecule is O=C(OC(C1CCCCC1)C1CO1)c1ccccc1. The normalized spacial score (nSPS) is 24.7. The van der Waals surface area contributed by atoms with E-state index in [1.54, 1.807) is 12.1 Å². The highest BCUT2D eigenvalue weighted by molar-refractivity contribution is 5.89. The summed E-state index contributed by atoms with van der Waals surface area (Å²) in [5.74, 6) is 0.264. The second-order valence-corrected chi connectivity index (χ2v) is 5.51. The smallest absolute Gasteiger partial charge is 0.338 e. The zero-order chi connectivity index (χ0) is 13.1. The van der Waals surface area contributed by atoms with Crippen LogP contribution in [0.5, 0.6) is 0 Å². The van der Waals surface area contributed by atoms with Gasteiger partial charge in [0, 0.05) is 0 Å². The van der Waals surface area contributed by atoms with Crippen LogP contribution >= 0.6 is 0 Å². The summed E-state index contributed by atoms with van der Waals surface area (Å²) in [6.07, 6.45) is 6.21. The van der Waals surface area contributed by atoms with Gasteiger partial charge in [-0.1, -0.05) is 37.5 Å². The number of rotatable bonds is 4. The minimum atomic E-state index is -0.216. The van der Waals surface area contributed by atoms with Crippen molar-refractivity contribution in [2.24, 2.45) is 5.92 Å². The fraction of sp³-hybridized carbons (Fsp3) is 0.562. The molecule has 3 nitrogen and oxygen atoms in total. The lowest BCUT2D eigenvalue weighted by atomic mass is 9.84. The molecule has 0 amide bonds. The van der Waals surface area contributed by atoms with Crippen molar-refractivity contribution in [1.82, 2.24) is 0 Å². The van der Waals surface area contributed by atoms with Gasteiger partial charge in [0.25, 0.3) is 0 Å². The molecule has 0 spiro atoms. The van der Waals surface area contributed by atoms with Crippen molar-refractivity contribution in [3.8, 4) is 0 Å². The maximum absolute atomic E-state index is 12.2. The number of esters is 1. The van der Waals surface area contributed by atoms with Gasteiger partial charge in [-0.15, -0.1) is 0 Å². The average Bonchev–Trinajstić information content (AvgIpc) is 3.31. The van der Waals surface area contributed by atoms with Crippen LogP contribution in [0, 0.1) is 5.92 Å². The van der Waals surface area contributed by atoms with Gasteiger partial charge in [-0.05, 0) is 30.9 Å². The summed E-state index contributed by atoms with van der Waals surface area (Å²) in [4.78, 5) is 12.2. The van der Waals surface area contributed by atoms with Crippen LogP contribution in [0.25, 0.3) is 0 Å². The van der Waals surface area contributed by atoms with Crippen LogP contribution in [-0.4, -0.2) is 24.8 Å². The van der Waals surface area contributed by atoms with Gasteiger partial charge in [-0.25, -0.2) is 4.79 Å². The number of hydrogen-bond donors (Lipinski definition) is 0. The Morgan fingerprint density at radius 3 is 2.47 bits per heavy atom. The average molecular weight is 260 g/mol. The highest BCUT2D eigenvalue weighted by atomic mass is 16.6. The van der Waals surface area contributed by atoms with Crippen LogP contribution in [-0.2, 0) is 9.47 Å². The Kier molecular flexibility index (Phi) is 3.83. The minimum Gasteiger partial charge on any atom is -0.456 e. The molecule has 2 fully saturated rings. The van der Waals surface area contributed by atoms with E-state index in [0.29, 0.717) is 11.5 Å². The molecule has 1 aliphatic carbocycles. The van der Waals surface area contributed by atoms with Crippen molar-refractivity contribution in [2.75, 3.05) is 6.61 Å². The second kappa shape index (κ2) is 5.74. The summed E-state index contributed by atoms with van der Waals surface area (Å²) < 4.78 is 11.1. The molecule has 0 radical (unpaired) electrons. The first-order valence-electron chi connectivity index (χ1n) is 7.22. The van der Waals surface area contributed by atoms with Crippen LogP contribution in [0.1, 0.15) is 42.5 Å². The molecule has 1 heterocycles. The van der Waals surface area contributed by atoms with E-state index in [9.17, 15) is 4.79 Å². The van der Waals surface area contributed by atoms with E-state index < -0.39 is 0 Å². The van der Waals surface area contributed by atoms with Gasteiger partial charge in [0.05, 0.1) is 12.2 Å². The summed E-state index contributed by atoms with van der Waals surface area (Å²) in [6, 6.07) is 9.22. The van der Waals surface area contributed by atoms with Crippen LogP contribution in [0.4, 0.5) is 0 Å². The molecule has 3 heteroatoms. The predicted octanol–water partition coefficient (Wildman–Crippen LogP) is 3.19. The second-order valence-electron chi connectivity index (χ2n) is 5.51. The molecule has 1 saturated heterocycles.